The van der Waals surface area contributed by atoms with Crippen molar-refractivity contribution in [3.05, 3.63) is 35.6 Å². The highest BCUT2D eigenvalue weighted by Crippen LogP contribution is 2.19. The lowest BCUT2D eigenvalue weighted by Crippen LogP contribution is -2.49. The molecule has 1 aliphatic heterocycles. The molecule has 0 spiro atoms. The topological polar surface area (TPSA) is 29.5 Å². The maximum Gasteiger partial charge on any atom is 0.257 e. The van der Waals surface area contributed by atoms with E-state index in [0.717, 1.165) is 6.42 Å². The number of benzene rings is 1. The van der Waals surface area contributed by atoms with E-state index in [2.05, 4.69) is 13.8 Å². The van der Waals surface area contributed by atoms with Crippen LogP contribution in [0.1, 0.15) is 30.6 Å². The molecule has 0 radical (unpaired) electrons. The summed E-state index contributed by atoms with van der Waals surface area (Å²) >= 11 is 0. The van der Waals surface area contributed by atoms with E-state index in [0.29, 0.717) is 25.7 Å². The molecule has 19 heavy (non-hydrogen) atoms. The number of nitrogens with zero attached hydrogens (tertiary/aromatic N) is 1. The van der Waals surface area contributed by atoms with Crippen molar-refractivity contribution in [2.45, 2.75) is 26.3 Å². The van der Waals surface area contributed by atoms with Gasteiger partial charge in [0.1, 0.15) is 5.82 Å². The number of rotatable bonds is 3. The molecule has 1 amide bonds. The van der Waals surface area contributed by atoms with Crippen LogP contribution in [0.15, 0.2) is 24.3 Å². The van der Waals surface area contributed by atoms with E-state index >= 15 is 0 Å². The highest BCUT2D eigenvalue weighted by atomic mass is 19.1. The van der Waals surface area contributed by atoms with Gasteiger partial charge in [-0.2, -0.15) is 0 Å². The van der Waals surface area contributed by atoms with Gasteiger partial charge in [0.25, 0.3) is 5.91 Å². The minimum atomic E-state index is -0.456. The molecule has 104 valence electrons. The Morgan fingerprint density at radius 3 is 2.89 bits per heavy atom. The van der Waals surface area contributed by atoms with Crippen LogP contribution in [0.25, 0.3) is 0 Å². The smallest absolute Gasteiger partial charge is 0.257 e. The van der Waals surface area contributed by atoms with Gasteiger partial charge in [-0.25, -0.2) is 4.39 Å². The number of hydrogen-bond acceptors (Lipinski definition) is 2. The quantitative estimate of drug-likeness (QED) is 0.841. The molecule has 1 aliphatic rings. The molecule has 4 heteroatoms. The molecule has 0 unspecified atom stereocenters. The summed E-state index contributed by atoms with van der Waals surface area (Å²) in [7, 11) is 0. The Labute approximate surface area is 113 Å². The second-order valence-corrected chi connectivity index (χ2v) is 5.34. The lowest BCUT2D eigenvalue weighted by atomic mass is 10.0. The van der Waals surface area contributed by atoms with E-state index in [-0.39, 0.29) is 17.5 Å². The van der Waals surface area contributed by atoms with Gasteiger partial charge in [0, 0.05) is 6.54 Å². The van der Waals surface area contributed by atoms with Gasteiger partial charge < -0.3 is 9.64 Å². The molecule has 0 bridgehead atoms. The van der Waals surface area contributed by atoms with Gasteiger partial charge in [0.15, 0.2) is 0 Å². The molecule has 1 aromatic rings. The monoisotopic (exact) mass is 265 g/mol. The molecule has 1 atom stereocenters. The predicted molar refractivity (Wildman–Crippen MR) is 71.5 cm³/mol. The summed E-state index contributed by atoms with van der Waals surface area (Å²) in [5.41, 5.74) is 0.151. The molecule has 2 rings (SSSR count). The first-order chi connectivity index (χ1) is 9.09. The molecular formula is C15H20FNO2. The van der Waals surface area contributed by atoms with Crippen molar-refractivity contribution < 1.29 is 13.9 Å². The van der Waals surface area contributed by atoms with Crippen LogP contribution < -0.4 is 0 Å². The summed E-state index contributed by atoms with van der Waals surface area (Å²) < 4.78 is 19.1. The Morgan fingerprint density at radius 1 is 1.47 bits per heavy atom. The summed E-state index contributed by atoms with van der Waals surface area (Å²) in [4.78, 5) is 14.2. The molecular weight excluding hydrogens is 245 g/mol. The Bertz CT molecular complexity index is 448. The summed E-state index contributed by atoms with van der Waals surface area (Å²) in [6.07, 6.45) is 0.875. The number of hydrogen-bond donors (Lipinski definition) is 0. The van der Waals surface area contributed by atoms with Crippen molar-refractivity contribution >= 4 is 5.91 Å². The number of ether oxygens (including phenoxy) is 1. The Balaban J connectivity index is 2.18. The second kappa shape index (κ2) is 6.15. The van der Waals surface area contributed by atoms with Crippen LogP contribution in [-0.2, 0) is 4.74 Å². The molecule has 1 aromatic carbocycles. The number of carbonyl (C=O) groups excluding carboxylic acids is 1. The molecule has 3 nitrogen and oxygen atoms in total. The van der Waals surface area contributed by atoms with Crippen molar-refractivity contribution in [1.82, 2.24) is 4.90 Å². The van der Waals surface area contributed by atoms with Crippen molar-refractivity contribution in [3.63, 3.8) is 0 Å². The SMILES string of the molecule is CC(C)C[C@@H]1COCCN1C(=O)c1ccccc1F. The van der Waals surface area contributed by atoms with Crippen LogP contribution in [0.4, 0.5) is 4.39 Å². The molecule has 1 fully saturated rings. The predicted octanol–water partition coefficient (Wildman–Crippen LogP) is 2.71. The van der Waals surface area contributed by atoms with E-state index in [4.69, 9.17) is 4.74 Å². The lowest BCUT2D eigenvalue weighted by Gasteiger charge is -2.36. The zero-order valence-electron chi connectivity index (χ0n) is 11.4. The standard InChI is InChI=1S/C15H20FNO2/c1-11(2)9-12-10-19-8-7-17(12)15(18)13-5-3-4-6-14(13)16/h3-6,11-12H,7-10H2,1-2H3/t12-/m1/s1. The molecule has 0 aliphatic carbocycles. The van der Waals surface area contributed by atoms with Gasteiger partial charge in [0.05, 0.1) is 24.8 Å². The van der Waals surface area contributed by atoms with Crippen LogP contribution in [0.3, 0.4) is 0 Å². The van der Waals surface area contributed by atoms with E-state index < -0.39 is 5.82 Å². The lowest BCUT2D eigenvalue weighted by molar-refractivity contribution is -0.00768. The number of morpholine rings is 1. The van der Waals surface area contributed by atoms with Gasteiger partial charge in [-0.05, 0) is 24.5 Å². The van der Waals surface area contributed by atoms with E-state index in [1.165, 1.54) is 6.07 Å². The van der Waals surface area contributed by atoms with Gasteiger partial charge >= 0.3 is 0 Å². The minimum Gasteiger partial charge on any atom is -0.377 e. The third-order valence-electron chi connectivity index (χ3n) is 3.34. The summed E-state index contributed by atoms with van der Waals surface area (Å²) in [6, 6.07) is 6.19. The van der Waals surface area contributed by atoms with E-state index in [9.17, 15) is 9.18 Å². The largest absolute Gasteiger partial charge is 0.377 e. The fourth-order valence-corrected chi connectivity index (χ4v) is 2.45. The molecule has 0 saturated carbocycles. The van der Waals surface area contributed by atoms with Crippen LogP contribution in [-0.4, -0.2) is 36.6 Å². The molecule has 1 heterocycles. The zero-order valence-corrected chi connectivity index (χ0v) is 11.4. The van der Waals surface area contributed by atoms with Crippen molar-refractivity contribution in [2.24, 2.45) is 5.92 Å². The number of amides is 1. The van der Waals surface area contributed by atoms with Crippen LogP contribution >= 0.6 is 0 Å². The fraction of sp³-hybridized carbons (Fsp3) is 0.533. The normalized spacial score (nSPS) is 19.8. The Kier molecular flexibility index (Phi) is 4.53. The Hall–Kier alpha value is -1.42. The average Bonchev–Trinajstić information content (AvgIpc) is 2.38. The van der Waals surface area contributed by atoms with Crippen molar-refractivity contribution in [3.8, 4) is 0 Å². The van der Waals surface area contributed by atoms with E-state index in [1.54, 1.807) is 23.1 Å². The molecule has 1 saturated heterocycles. The van der Waals surface area contributed by atoms with Crippen molar-refractivity contribution in [1.29, 1.82) is 0 Å². The minimum absolute atomic E-state index is 0.0425. The first-order valence-corrected chi connectivity index (χ1v) is 6.73. The number of halogens is 1. The first kappa shape index (κ1) is 14.0. The van der Waals surface area contributed by atoms with Crippen molar-refractivity contribution in [2.75, 3.05) is 19.8 Å². The average molecular weight is 265 g/mol. The summed E-state index contributed by atoms with van der Waals surface area (Å²) in [6.45, 7) is 5.82. The van der Waals surface area contributed by atoms with Gasteiger partial charge in [0.2, 0.25) is 0 Å². The number of carbonyl (C=O) groups is 1. The third kappa shape index (κ3) is 3.32. The van der Waals surface area contributed by atoms with Gasteiger partial charge in [-0.1, -0.05) is 26.0 Å². The highest BCUT2D eigenvalue weighted by molar-refractivity contribution is 5.94. The maximum atomic E-state index is 13.7. The maximum absolute atomic E-state index is 13.7. The zero-order chi connectivity index (χ0) is 13.8. The summed E-state index contributed by atoms with van der Waals surface area (Å²) in [5.74, 6) is -0.211. The van der Waals surface area contributed by atoms with E-state index in [1.807, 2.05) is 0 Å². The first-order valence-electron chi connectivity index (χ1n) is 6.73. The van der Waals surface area contributed by atoms with Crippen LogP contribution in [0, 0.1) is 11.7 Å². The van der Waals surface area contributed by atoms with Gasteiger partial charge in [-0.3, -0.25) is 4.79 Å². The van der Waals surface area contributed by atoms with Gasteiger partial charge in [-0.15, -0.1) is 0 Å². The van der Waals surface area contributed by atoms with Crippen LogP contribution in [0.5, 0.6) is 0 Å². The second-order valence-electron chi connectivity index (χ2n) is 5.34. The highest BCUT2D eigenvalue weighted by Gasteiger charge is 2.29. The fourth-order valence-electron chi connectivity index (χ4n) is 2.45. The third-order valence-corrected chi connectivity index (χ3v) is 3.34. The molecule has 0 aromatic heterocycles. The summed E-state index contributed by atoms with van der Waals surface area (Å²) in [5, 5.41) is 0. The Morgan fingerprint density at radius 2 is 2.21 bits per heavy atom. The van der Waals surface area contributed by atoms with Crippen LogP contribution in [0.2, 0.25) is 0 Å². The molecule has 0 N–H and O–H groups in total.